The Balaban J connectivity index is 1.75. The van der Waals surface area contributed by atoms with Crippen molar-refractivity contribution in [3.63, 3.8) is 0 Å². The van der Waals surface area contributed by atoms with E-state index in [0.717, 1.165) is 12.0 Å². The van der Waals surface area contributed by atoms with E-state index in [2.05, 4.69) is 16.9 Å². The Morgan fingerprint density at radius 1 is 1.38 bits per heavy atom. The number of amides is 3. The monoisotopic (exact) mass is 415 g/mol. The lowest BCUT2D eigenvalue weighted by Crippen LogP contribution is -2.39. The third kappa shape index (κ3) is 4.92. The van der Waals surface area contributed by atoms with Gasteiger partial charge < -0.3 is 4.74 Å². The number of rotatable bonds is 6. The van der Waals surface area contributed by atoms with Gasteiger partial charge >= 0.3 is 6.09 Å². The molecule has 2 saturated heterocycles. The molecule has 3 rings (SSSR count). The van der Waals surface area contributed by atoms with Crippen LogP contribution < -0.4 is 5.32 Å². The van der Waals surface area contributed by atoms with Crippen LogP contribution in [0.3, 0.4) is 0 Å². The zero-order valence-corrected chi connectivity index (χ0v) is 16.7. The molecule has 1 N–H and O–H groups in total. The summed E-state index contributed by atoms with van der Waals surface area (Å²) < 4.78 is 5.06. The molecule has 0 bridgehead atoms. The Labute approximate surface area is 174 Å². The molecule has 0 spiro atoms. The fraction of sp³-hybridized carbons (Fsp3) is 0.333. The Bertz CT molecular complexity index is 894. The first kappa shape index (κ1) is 20.8. The molecule has 1 atom stereocenters. The van der Waals surface area contributed by atoms with Gasteiger partial charge in [0.05, 0.1) is 12.5 Å². The van der Waals surface area contributed by atoms with E-state index in [0.29, 0.717) is 48.8 Å². The molecule has 152 valence electrons. The number of halogens is 1. The van der Waals surface area contributed by atoms with Crippen LogP contribution in [0.15, 0.2) is 47.7 Å². The number of hydrogen-bond acceptors (Lipinski definition) is 5. The number of nitrogens with zero attached hydrogens (tertiary/aromatic N) is 2. The smallest absolute Gasteiger partial charge is 0.415 e. The van der Waals surface area contributed by atoms with E-state index in [4.69, 9.17) is 16.3 Å². The summed E-state index contributed by atoms with van der Waals surface area (Å²) >= 11 is 6.55. The van der Waals surface area contributed by atoms with Gasteiger partial charge in [0.15, 0.2) is 0 Å². The zero-order chi connectivity index (χ0) is 20.8. The van der Waals surface area contributed by atoms with Gasteiger partial charge in [-0.1, -0.05) is 42.5 Å². The van der Waals surface area contributed by atoms with Crippen molar-refractivity contribution in [2.45, 2.75) is 31.6 Å². The number of allylic oxidation sites excluding steroid dienone is 2. The number of carbonyl (C=O) groups is 3. The molecule has 29 heavy (non-hydrogen) atoms. The van der Waals surface area contributed by atoms with Gasteiger partial charge in [-0.3, -0.25) is 19.8 Å². The molecule has 0 saturated carbocycles. The van der Waals surface area contributed by atoms with Crippen molar-refractivity contribution in [1.82, 2.24) is 10.2 Å². The predicted molar refractivity (Wildman–Crippen MR) is 110 cm³/mol. The first-order valence-corrected chi connectivity index (χ1v) is 9.79. The van der Waals surface area contributed by atoms with Gasteiger partial charge in [0.1, 0.15) is 5.82 Å². The Morgan fingerprint density at radius 3 is 2.93 bits per heavy atom. The Morgan fingerprint density at radius 2 is 2.21 bits per heavy atom. The Hall–Kier alpha value is -2.93. The number of benzene rings is 1. The van der Waals surface area contributed by atoms with Crippen molar-refractivity contribution in [3.8, 4) is 0 Å². The van der Waals surface area contributed by atoms with Gasteiger partial charge in [-0.05, 0) is 30.0 Å². The second kappa shape index (κ2) is 9.52. The van der Waals surface area contributed by atoms with Crippen LogP contribution in [-0.2, 0) is 20.7 Å². The number of piperidine rings is 1. The predicted octanol–water partition coefficient (Wildman–Crippen LogP) is 3.34. The van der Waals surface area contributed by atoms with Gasteiger partial charge in [-0.15, -0.1) is 0 Å². The maximum atomic E-state index is 12.2. The maximum Gasteiger partial charge on any atom is 0.415 e. The fourth-order valence-electron chi connectivity index (χ4n) is 3.32. The summed E-state index contributed by atoms with van der Waals surface area (Å²) in [7, 11) is 0. The molecular formula is C21H22ClN3O4. The minimum atomic E-state index is -0.448. The second-order valence-electron chi connectivity index (χ2n) is 6.72. The van der Waals surface area contributed by atoms with Crippen molar-refractivity contribution in [3.05, 3.63) is 58.9 Å². The van der Waals surface area contributed by atoms with E-state index >= 15 is 0 Å². The highest BCUT2D eigenvalue weighted by atomic mass is 35.5. The van der Waals surface area contributed by atoms with E-state index in [-0.39, 0.29) is 11.8 Å². The van der Waals surface area contributed by atoms with Crippen molar-refractivity contribution in [2.75, 3.05) is 13.2 Å². The van der Waals surface area contributed by atoms with Gasteiger partial charge in [-0.2, -0.15) is 0 Å². The molecule has 1 aromatic carbocycles. The first-order chi connectivity index (χ1) is 14.0. The van der Waals surface area contributed by atoms with Gasteiger partial charge in [0.2, 0.25) is 11.8 Å². The van der Waals surface area contributed by atoms with E-state index in [1.165, 1.54) is 4.90 Å². The summed E-state index contributed by atoms with van der Waals surface area (Å²) in [6.45, 7) is 4.60. The van der Waals surface area contributed by atoms with E-state index < -0.39 is 12.0 Å². The molecular weight excluding hydrogens is 394 g/mol. The molecule has 2 fully saturated rings. The van der Waals surface area contributed by atoms with Crippen molar-refractivity contribution < 1.29 is 19.1 Å². The largest absolute Gasteiger partial charge is 0.449 e. The molecule has 2 aliphatic rings. The number of aliphatic imine (C=N–C) groups is 1. The summed E-state index contributed by atoms with van der Waals surface area (Å²) in [5.74, 6) is -0.587. The third-order valence-electron chi connectivity index (χ3n) is 4.77. The van der Waals surface area contributed by atoms with Gasteiger partial charge in [0.25, 0.3) is 0 Å². The number of imide groups is 1. The third-order valence-corrected chi connectivity index (χ3v) is 5.23. The summed E-state index contributed by atoms with van der Waals surface area (Å²) in [6, 6.07) is 5.49. The molecule has 2 heterocycles. The highest BCUT2D eigenvalue weighted by Crippen LogP contribution is 2.32. The van der Waals surface area contributed by atoms with Crippen molar-refractivity contribution in [2.24, 2.45) is 4.99 Å². The lowest BCUT2D eigenvalue weighted by atomic mass is 9.89. The maximum absolute atomic E-state index is 12.2. The number of ether oxygens (including phenoxy) is 1. The summed E-state index contributed by atoms with van der Waals surface area (Å²) in [4.78, 5) is 41.4. The van der Waals surface area contributed by atoms with Crippen LogP contribution >= 0.6 is 11.6 Å². The molecule has 1 aromatic rings. The number of hydrogen-bond donors (Lipinski definition) is 1. The SMILES string of the molecule is C=C/C=C(\N=CCc1cccc(C2CCC(=O)NC2=O)c1Cl)N1CCCOC1=O. The van der Waals surface area contributed by atoms with Crippen LogP contribution in [0.5, 0.6) is 0 Å². The number of carbonyl (C=O) groups excluding carboxylic acids is 3. The quantitative estimate of drug-likeness (QED) is 0.438. The van der Waals surface area contributed by atoms with Crippen LogP contribution in [0.1, 0.15) is 36.3 Å². The molecule has 0 aliphatic carbocycles. The van der Waals surface area contributed by atoms with E-state index in [1.54, 1.807) is 24.4 Å². The molecule has 3 amide bonds. The molecule has 1 unspecified atom stereocenters. The lowest BCUT2D eigenvalue weighted by Gasteiger charge is -2.26. The lowest BCUT2D eigenvalue weighted by molar-refractivity contribution is -0.134. The highest BCUT2D eigenvalue weighted by molar-refractivity contribution is 6.32. The zero-order valence-electron chi connectivity index (χ0n) is 15.9. The molecule has 2 aliphatic heterocycles. The second-order valence-corrected chi connectivity index (χ2v) is 7.10. The number of cyclic esters (lactones) is 1. The van der Waals surface area contributed by atoms with Crippen molar-refractivity contribution >= 4 is 35.7 Å². The van der Waals surface area contributed by atoms with Gasteiger partial charge in [0, 0.05) is 30.6 Å². The van der Waals surface area contributed by atoms with Gasteiger partial charge in [-0.25, -0.2) is 9.79 Å². The van der Waals surface area contributed by atoms with Crippen LogP contribution in [-0.4, -0.2) is 42.2 Å². The van der Waals surface area contributed by atoms with Crippen LogP contribution in [0.2, 0.25) is 5.02 Å². The minimum absolute atomic E-state index is 0.261. The van der Waals surface area contributed by atoms with E-state index in [1.807, 2.05) is 12.1 Å². The molecule has 0 radical (unpaired) electrons. The van der Waals surface area contributed by atoms with Crippen LogP contribution in [0.25, 0.3) is 0 Å². The first-order valence-electron chi connectivity index (χ1n) is 9.41. The van der Waals surface area contributed by atoms with E-state index in [9.17, 15) is 14.4 Å². The fourth-order valence-corrected chi connectivity index (χ4v) is 3.66. The van der Waals surface area contributed by atoms with Crippen LogP contribution in [0.4, 0.5) is 4.79 Å². The Kier molecular flexibility index (Phi) is 6.82. The molecule has 8 heteroatoms. The minimum Gasteiger partial charge on any atom is -0.449 e. The molecule has 0 aromatic heterocycles. The standard InChI is InChI=1S/C21H22ClN3O4/c1-2-5-17(25-12-4-13-29-21(25)28)23-11-10-14-6-3-7-15(19(14)22)16-8-9-18(26)24-20(16)27/h2-3,5-7,11,16H,1,4,8-10,12-13H2,(H,24,26,27)/b17-5+,23-11?. The summed E-state index contributed by atoms with van der Waals surface area (Å²) in [6.07, 6.45) is 6.31. The average molecular weight is 416 g/mol. The number of nitrogens with one attached hydrogen (secondary N) is 1. The summed E-state index contributed by atoms with van der Waals surface area (Å²) in [5.41, 5.74) is 1.50. The average Bonchev–Trinajstić information content (AvgIpc) is 2.70. The highest BCUT2D eigenvalue weighted by Gasteiger charge is 2.29. The normalized spacial score (nSPS) is 20.6. The molecule has 7 nitrogen and oxygen atoms in total. The van der Waals surface area contributed by atoms with Crippen molar-refractivity contribution in [1.29, 1.82) is 0 Å². The topological polar surface area (TPSA) is 88.1 Å². The van der Waals surface area contributed by atoms with Crippen LogP contribution in [0, 0.1) is 0 Å². The summed E-state index contributed by atoms with van der Waals surface area (Å²) in [5, 5.41) is 2.84.